The Bertz CT molecular complexity index is 322. The van der Waals surface area contributed by atoms with Crippen molar-refractivity contribution in [1.82, 2.24) is 4.90 Å². The molecule has 0 bridgehead atoms. The van der Waals surface area contributed by atoms with Gasteiger partial charge in [0.1, 0.15) is 0 Å². The average molecular weight is 217 g/mol. The van der Waals surface area contributed by atoms with Gasteiger partial charge in [0.15, 0.2) is 0 Å². The molecular formula is C15H23N. The van der Waals surface area contributed by atoms with Crippen LogP contribution in [0, 0.1) is 0 Å². The standard InChI is InChI=1S/C15H23N/c1-3-10-16(4-2)15-11-13-8-6-5-7-9-14(13)12-15/h5-8,15H,3-4,9-12H2,1-2H3/t15-/m1/s1. The van der Waals surface area contributed by atoms with Gasteiger partial charge in [0.25, 0.3) is 0 Å². The molecule has 0 aromatic rings. The Kier molecular flexibility index (Phi) is 4.00. The summed E-state index contributed by atoms with van der Waals surface area (Å²) in [6.07, 6.45) is 14.0. The molecule has 0 unspecified atom stereocenters. The SMILES string of the molecule is CCCN(CC)[C@@H]1CC2=C(CC=CC=C2)C1. The van der Waals surface area contributed by atoms with Gasteiger partial charge >= 0.3 is 0 Å². The fourth-order valence-electron chi connectivity index (χ4n) is 2.89. The van der Waals surface area contributed by atoms with Gasteiger partial charge in [-0.1, -0.05) is 43.7 Å². The molecule has 0 aromatic heterocycles. The zero-order valence-corrected chi connectivity index (χ0v) is 10.6. The molecule has 0 fully saturated rings. The zero-order valence-electron chi connectivity index (χ0n) is 10.6. The molecule has 0 aliphatic heterocycles. The maximum Gasteiger partial charge on any atom is 0.0173 e. The van der Waals surface area contributed by atoms with Gasteiger partial charge in [0, 0.05) is 6.04 Å². The highest BCUT2D eigenvalue weighted by atomic mass is 15.1. The van der Waals surface area contributed by atoms with E-state index < -0.39 is 0 Å². The van der Waals surface area contributed by atoms with Crippen molar-refractivity contribution in [2.24, 2.45) is 0 Å². The summed E-state index contributed by atoms with van der Waals surface area (Å²) in [5.41, 5.74) is 3.27. The smallest absolute Gasteiger partial charge is 0.0173 e. The first-order chi connectivity index (χ1) is 7.85. The van der Waals surface area contributed by atoms with Gasteiger partial charge in [-0.2, -0.15) is 0 Å². The Morgan fingerprint density at radius 3 is 2.88 bits per heavy atom. The van der Waals surface area contributed by atoms with E-state index in [0.717, 1.165) is 6.04 Å². The highest BCUT2D eigenvalue weighted by Gasteiger charge is 2.26. The lowest BCUT2D eigenvalue weighted by Gasteiger charge is -2.27. The van der Waals surface area contributed by atoms with E-state index in [0.29, 0.717) is 0 Å². The first-order valence-corrected chi connectivity index (χ1v) is 6.63. The van der Waals surface area contributed by atoms with Crippen molar-refractivity contribution in [1.29, 1.82) is 0 Å². The molecule has 1 atom stereocenters. The summed E-state index contributed by atoms with van der Waals surface area (Å²) in [6.45, 7) is 7.01. The second kappa shape index (κ2) is 5.49. The predicted octanol–water partition coefficient (Wildman–Crippen LogP) is 3.69. The second-order valence-electron chi connectivity index (χ2n) is 4.81. The van der Waals surface area contributed by atoms with Crippen molar-refractivity contribution in [2.45, 2.75) is 45.6 Å². The minimum Gasteiger partial charge on any atom is -0.300 e. The summed E-state index contributed by atoms with van der Waals surface area (Å²) in [5, 5.41) is 0. The third-order valence-corrected chi connectivity index (χ3v) is 3.73. The van der Waals surface area contributed by atoms with E-state index in [1.165, 1.54) is 38.8 Å². The van der Waals surface area contributed by atoms with E-state index in [1.807, 2.05) is 0 Å². The van der Waals surface area contributed by atoms with Gasteiger partial charge in [-0.3, -0.25) is 0 Å². The lowest BCUT2D eigenvalue weighted by atomic mass is 10.1. The highest BCUT2D eigenvalue weighted by Crippen LogP contribution is 2.34. The number of nitrogens with zero attached hydrogens (tertiary/aromatic N) is 1. The van der Waals surface area contributed by atoms with Gasteiger partial charge in [-0.15, -0.1) is 0 Å². The molecule has 0 N–H and O–H groups in total. The van der Waals surface area contributed by atoms with Crippen molar-refractivity contribution < 1.29 is 0 Å². The first-order valence-electron chi connectivity index (χ1n) is 6.63. The fraction of sp³-hybridized carbons (Fsp3) is 0.600. The zero-order chi connectivity index (χ0) is 11.4. The molecule has 0 radical (unpaired) electrons. The van der Waals surface area contributed by atoms with Crippen LogP contribution in [0.15, 0.2) is 35.5 Å². The number of hydrogen-bond donors (Lipinski definition) is 0. The molecule has 1 nitrogen and oxygen atoms in total. The Balaban J connectivity index is 2.00. The van der Waals surface area contributed by atoms with E-state index in [4.69, 9.17) is 0 Å². The normalized spacial score (nSPS) is 24.1. The van der Waals surface area contributed by atoms with Gasteiger partial charge in [-0.05, 0) is 44.3 Å². The summed E-state index contributed by atoms with van der Waals surface area (Å²) in [7, 11) is 0. The van der Waals surface area contributed by atoms with Crippen molar-refractivity contribution in [2.75, 3.05) is 13.1 Å². The number of rotatable bonds is 4. The van der Waals surface area contributed by atoms with Crippen LogP contribution >= 0.6 is 0 Å². The minimum absolute atomic E-state index is 0.770. The third kappa shape index (κ3) is 2.46. The van der Waals surface area contributed by atoms with Gasteiger partial charge in [0.05, 0.1) is 0 Å². The fourth-order valence-corrected chi connectivity index (χ4v) is 2.89. The summed E-state index contributed by atoms with van der Waals surface area (Å²) in [4.78, 5) is 2.64. The van der Waals surface area contributed by atoms with Crippen molar-refractivity contribution in [3.05, 3.63) is 35.5 Å². The van der Waals surface area contributed by atoms with Gasteiger partial charge < -0.3 is 4.90 Å². The number of hydrogen-bond acceptors (Lipinski definition) is 1. The van der Waals surface area contributed by atoms with E-state index in [-0.39, 0.29) is 0 Å². The predicted molar refractivity (Wildman–Crippen MR) is 70.5 cm³/mol. The van der Waals surface area contributed by atoms with Crippen LogP contribution in [-0.4, -0.2) is 24.0 Å². The molecule has 2 aliphatic carbocycles. The topological polar surface area (TPSA) is 3.24 Å². The third-order valence-electron chi connectivity index (χ3n) is 3.73. The summed E-state index contributed by atoms with van der Waals surface area (Å²) >= 11 is 0. The lowest BCUT2D eigenvalue weighted by molar-refractivity contribution is 0.212. The van der Waals surface area contributed by atoms with Crippen molar-refractivity contribution >= 4 is 0 Å². The van der Waals surface area contributed by atoms with Crippen LogP contribution in [-0.2, 0) is 0 Å². The Morgan fingerprint density at radius 2 is 2.12 bits per heavy atom. The van der Waals surface area contributed by atoms with Gasteiger partial charge in [-0.25, -0.2) is 0 Å². The quantitative estimate of drug-likeness (QED) is 0.694. The van der Waals surface area contributed by atoms with Crippen molar-refractivity contribution in [3.8, 4) is 0 Å². The van der Waals surface area contributed by atoms with E-state index in [2.05, 4.69) is 43.1 Å². The van der Waals surface area contributed by atoms with Crippen LogP contribution in [0.4, 0.5) is 0 Å². The average Bonchev–Trinajstić information content (AvgIpc) is 2.57. The van der Waals surface area contributed by atoms with Crippen LogP contribution in [0.1, 0.15) is 39.5 Å². The van der Waals surface area contributed by atoms with Crippen LogP contribution in [0.3, 0.4) is 0 Å². The second-order valence-corrected chi connectivity index (χ2v) is 4.81. The highest BCUT2D eigenvalue weighted by molar-refractivity contribution is 5.37. The molecule has 16 heavy (non-hydrogen) atoms. The van der Waals surface area contributed by atoms with Crippen molar-refractivity contribution in [3.63, 3.8) is 0 Å². The summed E-state index contributed by atoms with van der Waals surface area (Å²) < 4.78 is 0. The molecule has 2 aliphatic rings. The molecule has 0 amide bonds. The summed E-state index contributed by atoms with van der Waals surface area (Å²) in [6, 6.07) is 0.770. The molecule has 0 aromatic carbocycles. The molecule has 88 valence electrons. The van der Waals surface area contributed by atoms with Crippen LogP contribution in [0.25, 0.3) is 0 Å². The molecule has 0 saturated heterocycles. The first kappa shape index (κ1) is 11.7. The largest absolute Gasteiger partial charge is 0.300 e. The Hall–Kier alpha value is -0.820. The maximum atomic E-state index is 2.64. The molecular weight excluding hydrogens is 194 g/mol. The summed E-state index contributed by atoms with van der Waals surface area (Å²) in [5.74, 6) is 0. The molecule has 0 saturated carbocycles. The van der Waals surface area contributed by atoms with Gasteiger partial charge in [0.2, 0.25) is 0 Å². The van der Waals surface area contributed by atoms with E-state index >= 15 is 0 Å². The van der Waals surface area contributed by atoms with E-state index in [9.17, 15) is 0 Å². The van der Waals surface area contributed by atoms with Crippen LogP contribution in [0.5, 0.6) is 0 Å². The molecule has 0 heterocycles. The molecule has 0 spiro atoms. The maximum absolute atomic E-state index is 2.64. The monoisotopic (exact) mass is 217 g/mol. The van der Waals surface area contributed by atoms with Crippen LogP contribution in [0.2, 0.25) is 0 Å². The molecule has 1 heteroatoms. The van der Waals surface area contributed by atoms with Crippen LogP contribution < -0.4 is 0 Å². The number of allylic oxidation sites excluding steroid dienone is 4. The molecule has 2 rings (SSSR count). The Labute approximate surface area is 99.5 Å². The Morgan fingerprint density at radius 1 is 1.25 bits per heavy atom. The lowest BCUT2D eigenvalue weighted by Crippen LogP contribution is -2.34. The van der Waals surface area contributed by atoms with E-state index in [1.54, 1.807) is 11.1 Å². The minimum atomic E-state index is 0.770.